The lowest BCUT2D eigenvalue weighted by atomic mass is 10.1. The topological polar surface area (TPSA) is 38.8 Å². The Labute approximate surface area is 130 Å². The Balaban J connectivity index is 2.01. The summed E-state index contributed by atoms with van der Waals surface area (Å²) in [5, 5.41) is 0. The SMILES string of the molecule is COc1cc(OC)cc(C(=O)N2c3ccccc3CC2C)c1. The van der Waals surface area contributed by atoms with Gasteiger partial charge in [0, 0.05) is 23.4 Å². The summed E-state index contributed by atoms with van der Waals surface area (Å²) in [6.07, 6.45) is 0.878. The summed E-state index contributed by atoms with van der Waals surface area (Å²) in [5.74, 6) is 1.19. The van der Waals surface area contributed by atoms with Gasteiger partial charge in [0.2, 0.25) is 0 Å². The summed E-state index contributed by atoms with van der Waals surface area (Å²) in [6, 6.07) is 13.4. The van der Waals surface area contributed by atoms with Crippen LogP contribution in [0.4, 0.5) is 5.69 Å². The number of nitrogens with zero attached hydrogens (tertiary/aromatic N) is 1. The fourth-order valence-corrected chi connectivity index (χ4v) is 2.95. The lowest BCUT2D eigenvalue weighted by Gasteiger charge is -2.23. The number of hydrogen-bond donors (Lipinski definition) is 0. The number of fused-ring (bicyclic) bond motifs is 1. The van der Waals surface area contributed by atoms with Gasteiger partial charge in [-0.05, 0) is 37.1 Å². The van der Waals surface area contributed by atoms with E-state index < -0.39 is 0 Å². The molecule has 1 heterocycles. The number of ether oxygens (including phenoxy) is 2. The average molecular weight is 297 g/mol. The molecule has 3 rings (SSSR count). The van der Waals surface area contributed by atoms with Gasteiger partial charge in [-0.1, -0.05) is 18.2 Å². The Hall–Kier alpha value is -2.49. The summed E-state index contributed by atoms with van der Waals surface area (Å²) in [5.41, 5.74) is 2.76. The van der Waals surface area contributed by atoms with Gasteiger partial charge in [0.1, 0.15) is 11.5 Å². The molecular weight excluding hydrogens is 278 g/mol. The second kappa shape index (κ2) is 5.72. The van der Waals surface area contributed by atoms with Crippen molar-refractivity contribution < 1.29 is 14.3 Å². The fraction of sp³-hybridized carbons (Fsp3) is 0.278. The Morgan fingerprint density at radius 2 is 1.73 bits per heavy atom. The maximum atomic E-state index is 13.0. The van der Waals surface area contributed by atoms with Crippen LogP contribution in [0.2, 0.25) is 0 Å². The molecule has 0 radical (unpaired) electrons. The predicted octanol–water partition coefficient (Wildman–Crippen LogP) is 3.30. The quantitative estimate of drug-likeness (QED) is 0.872. The van der Waals surface area contributed by atoms with Gasteiger partial charge >= 0.3 is 0 Å². The van der Waals surface area contributed by atoms with Gasteiger partial charge < -0.3 is 14.4 Å². The van der Waals surface area contributed by atoms with Crippen LogP contribution in [0.25, 0.3) is 0 Å². The molecule has 22 heavy (non-hydrogen) atoms. The molecule has 0 saturated heterocycles. The van der Waals surface area contributed by atoms with Crippen LogP contribution in [0, 0.1) is 0 Å². The highest BCUT2D eigenvalue weighted by molar-refractivity contribution is 6.08. The van der Waals surface area contributed by atoms with Crippen LogP contribution >= 0.6 is 0 Å². The first-order valence-electron chi connectivity index (χ1n) is 7.28. The molecule has 1 aliphatic heterocycles. The van der Waals surface area contributed by atoms with Crippen molar-refractivity contribution in [2.45, 2.75) is 19.4 Å². The highest BCUT2D eigenvalue weighted by atomic mass is 16.5. The minimum absolute atomic E-state index is 0.0327. The van der Waals surface area contributed by atoms with Crippen LogP contribution in [0.5, 0.6) is 11.5 Å². The van der Waals surface area contributed by atoms with Crippen LogP contribution < -0.4 is 14.4 Å². The summed E-state index contributed by atoms with van der Waals surface area (Å²) in [4.78, 5) is 14.8. The molecule has 4 heteroatoms. The summed E-state index contributed by atoms with van der Waals surface area (Å²) in [6.45, 7) is 2.06. The molecule has 1 atom stereocenters. The number of methoxy groups -OCH3 is 2. The molecule has 1 aliphatic rings. The molecule has 0 N–H and O–H groups in total. The largest absolute Gasteiger partial charge is 0.497 e. The molecule has 0 saturated carbocycles. The van der Waals surface area contributed by atoms with Gasteiger partial charge in [-0.2, -0.15) is 0 Å². The first-order valence-corrected chi connectivity index (χ1v) is 7.28. The average Bonchev–Trinajstić information content (AvgIpc) is 2.89. The first kappa shape index (κ1) is 14.4. The van der Waals surface area contributed by atoms with Crippen LogP contribution in [0.3, 0.4) is 0 Å². The zero-order valence-corrected chi connectivity index (χ0v) is 13.0. The normalized spacial score (nSPS) is 16.3. The molecule has 4 nitrogen and oxygen atoms in total. The van der Waals surface area contributed by atoms with E-state index in [0.717, 1.165) is 12.1 Å². The monoisotopic (exact) mass is 297 g/mol. The summed E-state index contributed by atoms with van der Waals surface area (Å²) < 4.78 is 10.5. The van der Waals surface area contributed by atoms with Gasteiger partial charge in [0.25, 0.3) is 5.91 Å². The number of carbonyl (C=O) groups excluding carboxylic acids is 1. The van der Waals surface area contributed by atoms with Crippen molar-refractivity contribution in [2.24, 2.45) is 0 Å². The van der Waals surface area contributed by atoms with Crippen molar-refractivity contribution in [2.75, 3.05) is 19.1 Å². The van der Waals surface area contributed by atoms with E-state index in [4.69, 9.17) is 9.47 Å². The molecule has 2 aromatic rings. The van der Waals surface area contributed by atoms with Crippen molar-refractivity contribution >= 4 is 11.6 Å². The number of carbonyl (C=O) groups is 1. The fourth-order valence-electron chi connectivity index (χ4n) is 2.95. The third kappa shape index (κ3) is 2.41. The molecule has 0 spiro atoms. The third-order valence-corrected chi connectivity index (χ3v) is 4.02. The van der Waals surface area contributed by atoms with E-state index in [0.29, 0.717) is 17.1 Å². The van der Waals surface area contributed by atoms with E-state index in [1.54, 1.807) is 32.4 Å². The van der Waals surface area contributed by atoms with Crippen molar-refractivity contribution in [3.8, 4) is 11.5 Å². The lowest BCUT2D eigenvalue weighted by molar-refractivity contribution is 0.0981. The molecule has 114 valence electrons. The van der Waals surface area contributed by atoms with Gasteiger partial charge in [-0.3, -0.25) is 4.79 Å². The number of amides is 1. The van der Waals surface area contributed by atoms with E-state index in [1.165, 1.54) is 5.56 Å². The van der Waals surface area contributed by atoms with E-state index in [1.807, 2.05) is 23.1 Å². The minimum atomic E-state index is -0.0327. The third-order valence-electron chi connectivity index (χ3n) is 4.02. The molecule has 2 aromatic carbocycles. The van der Waals surface area contributed by atoms with Crippen LogP contribution in [-0.2, 0) is 6.42 Å². The van der Waals surface area contributed by atoms with Crippen LogP contribution in [0.15, 0.2) is 42.5 Å². The number of hydrogen-bond acceptors (Lipinski definition) is 3. The van der Waals surface area contributed by atoms with Gasteiger partial charge in [-0.25, -0.2) is 0 Å². The Bertz CT molecular complexity index is 689. The van der Waals surface area contributed by atoms with Gasteiger partial charge in [0.05, 0.1) is 14.2 Å². The zero-order chi connectivity index (χ0) is 15.7. The Morgan fingerprint density at radius 3 is 2.36 bits per heavy atom. The maximum absolute atomic E-state index is 13.0. The Kier molecular flexibility index (Phi) is 3.75. The van der Waals surface area contributed by atoms with Crippen molar-refractivity contribution in [1.82, 2.24) is 0 Å². The number of para-hydroxylation sites is 1. The van der Waals surface area contributed by atoms with Crippen molar-refractivity contribution in [1.29, 1.82) is 0 Å². The molecule has 0 bridgehead atoms. The van der Waals surface area contributed by atoms with Gasteiger partial charge in [-0.15, -0.1) is 0 Å². The molecule has 0 aliphatic carbocycles. The smallest absolute Gasteiger partial charge is 0.258 e. The first-order chi connectivity index (χ1) is 10.6. The number of rotatable bonds is 3. The second-order valence-electron chi connectivity index (χ2n) is 5.46. The second-order valence-corrected chi connectivity index (χ2v) is 5.46. The van der Waals surface area contributed by atoms with Gasteiger partial charge in [0.15, 0.2) is 0 Å². The van der Waals surface area contributed by atoms with E-state index in [9.17, 15) is 4.79 Å². The number of benzene rings is 2. The van der Waals surface area contributed by atoms with E-state index in [-0.39, 0.29) is 11.9 Å². The Morgan fingerprint density at radius 1 is 1.09 bits per heavy atom. The maximum Gasteiger partial charge on any atom is 0.258 e. The number of anilines is 1. The highest BCUT2D eigenvalue weighted by Gasteiger charge is 2.31. The molecule has 0 aromatic heterocycles. The van der Waals surface area contributed by atoms with Crippen LogP contribution in [0.1, 0.15) is 22.8 Å². The summed E-state index contributed by atoms with van der Waals surface area (Å²) >= 11 is 0. The van der Waals surface area contributed by atoms with Crippen LogP contribution in [-0.4, -0.2) is 26.2 Å². The molecule has 1 unspecified atom stereocenters. The minimum Gasteiger partial charge on any atom is -0.497 e. The molecule has 0 fully saturated rings. The summed E-state index contributed by atoms with van der Waals surface area (Å²) in [7, 11) is 3.16. The highest BCUT2D eigenvalue weighted by Crippen LogP contribution is 2.34. The molecular formula is C18H19NO3. The predicted molar refractivity (Wildman–Crippen MR) is 86.0 cm³/mol. The standard InChI is InChI=1S/C18H19NO3/c1-12-8-13-6-4-5-7-17(13)19(12)18(20)14-9-15(21-2)11-16(10-14)22-3/h4-7,9-12H,8H2,1-3H3. The van der Waals surface area contributed by atoms with E-state index in [2.05, 4.69) is 13.0 Å². The van der Waals surface area contributed by atoms with Crippen molar-refractivity contribution in [3.05, 3.63) is 53.6 Å². The molecule has 1 amide bonds. The lowest BCUT2D eigenvalue weighted by Crippen LogP contribution is -2.35. The zero-order valence-electron chi connectivity index (χ0n) is 13.0. The van der Waals surface area contributed by atoms with E-state index >= 15 is 0 Å². The van der Waals surface area contributed by atoms with Crippen molar-refractivity contribution in [3.63, 3.8) is 0 Å².